The molecule has 0 spiro atoms. The molecule has 13 heteroatoms. The number of halogens is 4. The van der Waals surface area contributed by atoms with E-state index in [-0.39, 0.29) is 11.0 Å². The van der Waals surface area contributed by atoms with Crippen molar-refractivity contribution in [2.75, 3.05) is 28.6 Å². The van der Waals surface area contributed by atoms with E-state index in [1.54, 1.807) is 16.8 Å². The fourth-order valence-electron chi connectivity index (χ4n) is 6.59. The summed E-state index contributed by atoms with van der Waals surface area (Å²) in [7, 11) is 0. The van der Waals surface area contributed by atoms with Crippen LogP contribution in [0.15, 0.2) is 79.1 Å². The van der Waals surface area contributed by atoms with Gasteiger partial charge in [-0.2, -0.15) is 9.97 Å². The van der Waals surface area contributed by atoms with Gasteiger partial charge in [-0.1, -0.05) is 36.4 Å². The number of nitrogen functional groups attached to an aromatic ring is 1. The van der Waals surface area contributed by atoms with Crippen LogP contribution in [0.25, 0.3) is 27.6 Å². The van der Waals surface area contributed by atoms with Gasteiger partial charge in [0.2, 0.25) is 5.28 Å². The van der Waals surface area contributed by atoms with Gasteiger partial charge < -0.3 is 15.5 Å². The number of aromatic nitrogens is 6. The van der Waals surface area contributed by atoms with E-state index >= 15 is 0 Å². The molecule has 48 heavy (non-hydrogen) atoms. The van der Waals surface area contributed by atoms with Gasteiger partial charge in [0, 0.05) is 41.3 Å². The fraction of sp³-hybridized carbons (Fsp3) is 0.171. The maximum atomic E-state index is 14.2. The SMILES string of the molecule is Fc1cc2nc(Cl)nc(N3CCCc4ccccc43)c2cc1F.Nc1cc2c(cc1F)c(N1CCCc3ccccc31)nc1nncn12. The summed E-state index contributed by atoms with van der Waals surface area (Å²) in [5.74, 6) is -0.662. The molecule has 2 aliphatic rings. The van der Waals surface area contributed by atoms with Crippen molar-refractivity contribution in [1.82, 2.24) is 29.5 Å². The predicted octanol–water partition coefficient (Wildman–Crippen LogP) is 7.73. The monoisotopic (exact) mass is 665 g/mol. The minimum Gasteiger partial charge on any atom is -0.396 e. The van der Waals surface area contributed by atoms with Crippen LogP contribution in [0.2, 0.25) is 5.28 Å². The van der Waals surface area contributed by atoms with Gasteiger partial charge in [0.05, 0.1) is 16.7 Å². The van der Waals surface area contributed by atoms with E-state index in [0.717, 1.165) is 67.8 Å². The molecule has 9 rings (SSSR count). The number of rotatable bonds is 2. The highest BCUT2D eigenvalue weighted by Gasteiger charge is 2.24. The summed E-state index contributed by atoms with van der Waals surface area (Å²) >= 11 is 6.00. The number of hydrogen-bond acceptors (Lipinski definition) is 8. The lowest BCUT2D eigenvalue weighted by Crippen LogP contribution is -2.25. The molecule has 3 aromatic heterocycles. The van der Waals surface area contributed by atoms with Crippen LogP contribution in [-0.2, 0) is 12.8 Å². The van der Waals surface area contributed by atoms with E-state index in [0.29, 0.717) is 33.7 Å². The highest BCUT2D eigenvalue weighted by molar-refractivity contribution is 6.28. The zero-order chi connectivity index (χ0) is 32.9. The van der Waals surface area contributed by atoms with Crippen molar-refractivity contribution < 1.29 is 13.2 Å². The van der Waals surface area contributed by atoms with Crippen molar-refractivity contribution in [3.63, 3.8) is 0 Å². The Kier molecular flexibility index (Phi) is 7.44. The van der Waals surface area contributed by atoms with Gasteiger partial charge in [0.15, 0.2) is 11.6 Å². The molecule has 0 saturated heterocycles. The Morgan fingerprint density at radius 1 is 0.688 bits per heavy atom. The van der Waals surface area contributed by atoms with Crippen LogP contribution in [-0.4, -0.2) is 42.6 Å². The van der Waals surface area contributed by atoms with Gasteiger partial charge in [-0.15, -0.1) is 10.2 Å². The number of fused-ring (bicyclic) bond motifs is 6. The Bertz CT molecular complexity index is 2360. The van der Waals surface area contributed by atoms with Crippen molar-refractivity contribution >= 4 is 67.9 Å². The number of benzene rings is 4. The molecule has 0 saturated carbocycles. The molecule has 0 fully saturated rings. The third-order valence-corrected chi connectivity index (χ3v) is 8.94. The first kappa shape index (κ1) is 29.9. The lowest BCUT2D eigenvalue weighted by molar-refractivity contribution is 0.510. The van der Waals surface area contributed by atoms with Gasteiger partial charge in [0.1, 0.15) is 23.8 Å². The smallest absolute Gasteiger partial charge is 0.257 e. The lowest BCUT2D eigenvalue weighted by Gasteiger charge is -2.31. The van der Waals surface area contributed by atoms with E-state index < -0.39 is 17.5 Å². The average Bonchev–Trinajstić information content (AvgIpc) is 3.58. The van der Waals surface area contributed by atoms with Crippen LogP contribution in [0, 0.1) is 17.5 Å². The quantitative estimate of drug-likeness (QED) is 0.148. The Labute approximate surface area is 277 Å². The molecule has 0 bridgehead atoms. The second-order valence-corrected chi connectivity index (χ2v) is 12.0. The molecule has 2 aliphatic heterocycles. The molecule has 2 N–H and O–H groups in total. The number of para-hydroxylation sites is 2. The summed E-state index contributed by atoms with van der Waals surface area (Å²) in [4.78, 5) is 17.1. The Balaban J connectivity index is 0.000000141. The number of nitrogens with zero attached hydrogens (tertiary/aromatic N) is 8. The van der Waals surface area contributed by atoms with Crippen molar-refractivity contribution in [3.8, 4) is 0 Å². The molecule has 240 valence electrons. The van der Waals surface area contributed by atoms with Crippen LogP contribution in [0.3, 0.4) is 0 Å². The van der Waals surface area contributed by atoms with Gasteiger partial charge in [-0.25, -0.2) is 18.2 Å². The number of hydrogen-bond donors (Lipinski definition) is 1. The maximum absolute atomic E-state index is 14.2. The topological polar surface area (TPSA) is 101 Å². The Morgan fingerprint density at radius 3 is 1.98 bits per heavy atom. The predicted molar refractivity (Wildman–Crippen MR) is 181 cm³/mol. The van der Waals surface area contributed by atoms with Crippen molar-refractivity contribution in [1.29, 1.82) is 0 Å². The minimum atomic E-state index is -0.947. The minimum absolute atomic E-state index is 0.0153. The molecule has 5 heterocycles. The summed E-state index contributed by atoms with van der Waals surface area (Å²) in [6.07, 6.45) is 5.53. The van der Waals surface area contributed by atoms with Crippen LogP contribution in [0.5, 0.6) is 0 Å². The first-order chi connectivity index (χ1) is 23.4. The summed E-state index contributed by atoms with van der Waals surface area (Å²) in [6.45, 7) is 1.55. The first-order valence-corrected chi connectivity index (χ1v) is 15.8. The molecule has 0 amide bonds. The van der Waals surface area contributed by atoms with Crippen molar-refractivity contribution in [2.45, 2.75) is 25.7 Å². The van der Waals surface area contributed by atoms with Gasteiger partial charge in [0.25, 0.3) is 5.78 Å². The van der Waals surface area contributed by atoms with Crippen LogP contribution in [0.1, 0.15) is 24.0 Å². The number of anilines is 5. The van der Waals surface area contributed by atoms with E-state index in [4.69, 9.17) is 17.3 Å². The van der Waals surface area contributed by atoms with E-state index in [1.165, 1.54) is 17.2 Å². The number of nitrogens with two attached hydrogens (primary N) is 1. The molecule has 0 radical (unpaired) electrons. The number of aryl methyl sites for hydroxylation is 2. The zero-order valence-corrected chi connectivity index (χ0v) is 26.2. The summed E-state index contributed by atoms with van der Waals surface area (Å²) in [5.41, 5.74) is 11.5. The van der Waals surface area contributed by atoms with E-state index in [1.807, 2.05) is 35.2 Å². The zero-order valence-electron chi connectivity index (χ0n) is 25.4. The maximum Gasteiger partial charge on any atom is 0.257 e. The van der Waals surface area contributed by atoms with E-state index in [2.05, 4.69) is 48.2 Å². The van der Waals surface area contributed by atoms with Crippen LogP contribution >= 0.6 is 11.6 Å². The highest BCUT2D eigenvalue weighted by atomic mass is 35.5. The standard InChI is InChI=1S/C18H15FN6.C17H12ClF2N3/c19-13-8-12-16(9-14(13)20)25-10-21-23-18(25)22-17(12)24-7-3-5-11-4-1-2-6-15(11)24;18-17-21-14-9-13(20)12(19)8-11(14)16(22-17)23-7-3-5-10-4-1-2-6-15(10)23/h1-2,4,6,8-10H,3,5,7,20H2;1-2,4,6,8-9H,3,5,7H2. The molecule has 9 nitrogen and oxygen atoms in total. The molecule has 0 atom stereocenters. The fourth-order valence-corrected chi connectivity index (χ4v) is 6.76. The molecule has 7 aromatic rings. The summed E-state index contributed by atoms with van der Waals surface area (Å²) in [5, 5.41) is 9.16. The Morgan fingerprint density at radius 2 is 1.29 bits per heavy atom. The van der Waals surface area contributed by atoms with Crippen molar-refractivity contribution in [3.05, 3.63) is 113 Å². The second kappa shape index (κ2) is 11.9. The Hall–Kier alpha value is -5.49. The van der Waals surface area contributed by atoms with Crippen LogP contribution in [0.4, 0.5) is 41.9 Å². The third kappa shape index (κ3) is 5.18. The van der Waals surface area contributed by atoms with Crippen LogP contribution < -0.4 is 15.5 Å². The molecular formula is C35H27ClF3N9. The van der Waals surface area contributed by atoms with E-state index in [9.17, 15) is 13.2 Å². The third-order valence-electron chi connectivity index (χ3n) is 8.77. The normalized spacial score (nSPS) is 14.2. The van der Waals surface area contributed by atoms with Crippen molar-refractivity contribution in [2.24, 2.45) is 0 Å². The molecule has 0 aliphatic carbocycles. The largest absolute Gasteiger partial charge is 0.396 e. The lowest BCUT2D eigenvalue weighted by atomic mass is 10.0. The first-order valence-electron chi connectivity index (χ1n) is 15.5. The average molecular weight is 666 g/mol. The second-order valence-electron chi connectivity index (χ2n) is 11.7. The summed E-state index contributed by atoms with van der Waals surface area (Å²) < 4.78 is 43.1. The molecule has 4 aromatic carbocycles. The molecule has 0 unspecified atom stereocenters. The highest BCUT2D eigenvalue weighted by Crippen LogP contribution is 2.38. The molecular weight excluding hydrogens is 639 g/mol. The van der Waals surface area contributed by atoms with Gasteiger partial charge in [-0.3, -0.25) is 4.40 Å². The van der Waals surface area contributed by atoms with Gasteiger partial charge in [-0.05, 0) is 78.7 Å². The summed E-state index contributed by atoms with van der Waals surface area (Å²) in [6, 6.07) is 21.5. The van der Waals surface area contributed by atoms with Gasteiger partial charge >= 0.3 is 0 Å².